The van der Waals surface area contributed by atoms with Crippen molar-refractivity contribution < 1.29 is 14.3 Å². The molecule has 0 aliphatic carbocycles. The number of tetrazole rings is 1. The lowest BCUT2D eigenvalue weighted by molar-refractivity contribution is -0.140. The van der Waals surface area contributed by atoms with Gasteiger partial charge in [0, 0.05) is 42.2 Å². The summed E-state index contributed by atoms with van der Waals surface area (Å²) in [5, 5.41) is 22.8. The van der Waals surface area contributed by atoms with E-state index in [0.717, 1.165) is 64.7 Å². The third-order valence-corrected chi connectivity index (χ3v) is 9.44. The summed E-state index contributed by atoms with van der Waals surface area (Å²) in [7, 11) is 0. The van der Waals surface area contributed by atoms with Gasteiger partial charge in [0.15, 0.2) is 0 Å². The van der Waals surface area contributed by atoms with Crippen molar-refractivity contribution in [2.45, 2.75) is 58.0 Å². The Morgan fingerprint density at radius 1 is 1.12 bits per heavy atom. The molecule has 2 amide bonds. The molecule has 2 N–H and O–H groups in total. The second kappa shape index (κ2) is 12.0. The van der Waals surface area contributed by atoms with Crippen LogP contribution in [0.25, 0.3) is 33.4 Å². The zero-order chi connectivity index (χ0) is 28.3. The molecule has 2 fully saturated rings. The predicted octanol–water partition coefficient (Wildman–Crippen LogP) is 4.76. The van der Waals surface area contributed by atoms with Crippen LogP contribution in [0.1, 0.15) is 57.0 Å². The molecule has 2 aromatic carbocycles. The molecule has 0 bridgehead atoms. The number of benzene rings is 2. The molecule has 0 radical (unpaired) electrons. The number of fused-ring (bicyclic) bond motifs is 1. The fourth-order valence-electron chi connectivity index (χ4n) is 5.93. The Labute approximate surface area is 242 Å². The number of amides is 2. The van der Waals surface area contributed by atoms with Crippen LogP contribution in [0.15, 0.2) is 41.8 Å². The van der Waals surface area contributed by atoms with Crippen molar-refractivity contribution in [3.05, 3.63) is 46.8 Å². The summed E-state index contributed by atoms with van der Waals surface area (Å²) in [5.74, 6) is 0.429. The third-order valence-electron chi connectivity index (χ3n) is 8.49. The Hall–Kier alpha value is -3.70. The van der Waals surface area contributed by atoms with Crippen LogP contribution in [0, 0.1) is 11.8 Å². The molecule has 4 heterocycles. The number of nitrogens with zero attached hydrogens (tertiary/aromatic N) is 5. The smallest absolute Gasteiger partial charge is 0.246 e. The molecule has 0 spiro atoms. The summed E-state index contributed by atoms with van der Waals surface area (Å²) < 4.78 is 5.57. The SMILES string of the molecule is CC[C@@H](C)C(=O)N[C@H](C(=O)N1CCC[C@H]1c1nc(-c2ccc(-c3nn[nH]n3)c3ccccc23)cs1)C1CCOCC1. The first kappa shape index (κ1) is 27.5. The van der Waals surface area contributed by atoms with Gasteiger partial charge in [0.05, 0.1) is 11.7 Å². The van der Waals surface area contributed by atoms with Crippen LogP contribution in [-0.4, -0.2) is 68.1 Å². The van der Waals surface area contributed by atoms with Crippen molar-refractivity contribution in [3.63, 3.8) is 0 Å². The summed E-state index contributed by atoms with van der Waals surface area (Å²) in [5.41, 5.74) is 2.80. The summed E-state index contributed by atoms with van der Waals surface area (Å²) in [6.07, 6.45) is 4.04. The lowest BCUT2D eigenvalue weighted by Crippen LogP contribution is -2.54. The van der Waals surface area contributed by atoms with Crippen molar-refractivity contribution in [1.82, 2.24) is 35.8 Å². The highest BCUT2D eigenvalue weighted by Crippen LogP contribution is 2.39. The van der Waals surface area contributed by atoms with E-state index in [9.17, 15) is 9.59 Å². The van der Waals surface area contributed by atoms with E-state index in [2.05, 4.69) is 49.5 Å². The molecule has 41 heavy (non-hydrogen) atoms. The van der Waals surface area contributed by atoms with Crippen molar-refractivity contribution in [2.24, 2.45) is 11.8 Å². The summed E-state index contributed by atoms with van der Waals surface area (Å²) >= 11 is 1.59. The van der Waals surface area contributed by atoms with Gasteiger partial charge in [-0.2, -0.15) is 5.21 Å². The van der Waals surface area contributed by atoms with Crippen LogP contribution in [0.4, 0.5) is 0 Å². The maximum atomic E-state index is 14.1. The molecular formula is C30H35N7O3S. The van der Waals surface area contributed by atoms with Crippen LogP contribution in [-0.2, 0) is 14.3 Å². The van der Waals surface area contributed by atoms with E-state index in [-0.39, 0.29) is 29.7 Å². The second-order valence-corrected chi connectivity index (χ2v) is 11.8. The Morgan fingerprint density at radius 2 is 1.88 bits per heavy atom. The van der Waals surface area contributed by atoms with Gasteiger partial charge >= 0.3 is 0 Å². The summed E-state index contributed by atoms with van der Waals surface area (Å²) in [6.45, 7) is 5.81. The number of ether oxygens (including phenoxy) is 1. The summed E-state index contributed by atoms with van der Waals surface area (Å²) in [4.78, 5) is 34.1. The van der Waals surface area contributed by atoms with Crippen LogP contribution in [0.3, 0.4) is 0 Å². The van der Waals surface area contributed by atoms with Gasteiger partial charge in [-0.05, 0) is 60.1 Å². The highest BCUT2D eigenvalue weighted by Gasteiger charge is 2.40. The highest BCUT2D eigenvalue weighted by molar-refractivity contribution is 7.10. The largest absolute Gasteiger partial charge is 0.381 e. The van der Waals surface area contributed by atoms with Crippen LogP contribution >= 0.6 is 11.3 Å². The minimum absolute atomic E-state index is 0.00252. The quantitative estimate of drug-likeness (QED) is 0.311. The zero-order valence-electron chi connectivity index (χ0n) is 23.4. The van der Waals surface area contributed by atoms with Gasteiger partial charge in [-0.3, -0.25) is 9.59 Å². The first-order valence-electron chi connectivity index (χ1n) is 14.4. The first-order valence-corrected chi connectivity index (χ1v) is 15.3. The number of carbonyl (C=O) groups excluding carboxylic acids is 2. The lowest BCUT2D eigenvalue weighted by atomic mass is 9.90. The average molecular weight is 574 g/mol. The molecule has 10 nitrogen and oxygen atoms in total. The number of nitrogens with one attached hydrogen (secondary N) is 2. The number of likely N-dealkylation sites (tertiary alicyclic amines) is 1. The van der Waals surface area contributed by atoms with E-state index in [1.807, 2.05) is 36.9 Å². The molecule has 6 rings (SSSR count). The average Bonchev–Trinajstić information content (AvgIpc) is 3.81. The second-order valence-electron chi connectivity index (χ2n) is 10.9. The molecule has 11 heteroatoms. The number of carbonyl (C=O) groups is 2. The minimum atomic E-state index is -0.540. The van der Waals surface area contributed by atoms with E-state index in [1.54, 1.807) is 11.3 Å². The Morgan fingerprint density at radius 3 is 2.61 bits per heavy atom. The fourth-order valence-corrected chi connectivity index (χ4v) is 6.90. The van der Waals surface area contributed by atoms with E-state index < -0.39 is 6.04 Å². The van der Waals surface area contributed by atoms with Gasteiger partial charge in [-0.25, -0.2) is 4.98 Å². The number of aromatic nitrogens is 5. The van der Waals surface area contributed by atoms with Gasteiger partial charge in [0.1, 0.15) is 11.0 Å². The molecule has 4 aromatic rings. The molecule has 0 unspecified atom stereocenters. The van der Waals surface area contributed by atoms with E-state index in [4.69, 9.17) is 9.72 Å². The molecule has 0 saturated carbocycles. The summed E-state index contributed by atoms with van der Waals surface area (Å²) in [6, 6.07) is 11.6. The maximum Gasteiger partial charge on any atom is 0.246 e. The van der Waals surface area contributed by atoms with Crippen molar-refractivity contribution >= 4 is 33.9 Å². The van der Waals surface area contributed by atoms with Crippen molar-refractivity contribution in [3.8, 4) is 22.6 Å². The minimum Gasteiger partial charge on any atom is -0.381 e. The molecular weight excluding hydrogens is 538 g/mol. The zero-order valence-corrected chi connectivity index (χ0v) is 24.2. The van der Waals surface area contributed by atoms with Crippen molar-refractivity contribution in [2.75, 3.05) is 19.8 Å². The third kappa shape index (κ3) is 5.48. The van der Waals surface area contributed by atoms with Gasteiger partial charge < -0.3 is 15.0 Å². The van der Waals surface area contributed by atoms with E-state index >= 15 is 0 Å². The topological polar surface area (TPSA) is 126 Å². The van der Waals surface area contributed by atoms with Gasteiger partial charge in [-0.15, -0.1) is 21.5 Å². The lowest BCUT2D eigenvalue weighted by Gasteiger charge is -2.35. The Balaban J connectivity index is 1.28. The molecule has 3 atom stereocenters. The number of hydrogen-bond acceptors (Lipinski definition) is 8. The molecule has 214 valence electrons. The first-order chi connectivity index (χ1) is 20.0. The van der Waals surface area contributed by atoms with E-state index in [1.165, 1.54) is 0 Å². The Kier molecular flexibility index (Phi) is 8.06. The molecule has 2 aliphatic heterocycles. The highest BCUT2D eigenvalue weighted by atomic mass is 32.1. The monoisotopic (exact) mass is 573 g/mol. The van der Waals surface area contributed by atoms with E-state index in [0.29, 0.717) is 25.6 Å². The van der Waals surface area contributed by atoms with Crippen LogP contribution in [0.5, 0.6) is 0 Å². The van der Waals surface area contributed by atoms with Gasteiger partial charge in [-0.1, -0.05) is 44.2 Å². The number of aromatic amines is 1. The normalized spacial score (nSPS) is 19.4. The van der Waals surface area contributed by atoms with Crippen LogP contribution < -0.4 is 5.32 Å². The molecule has 2 aromatic heterocycles. The number of rotatable bonds is 8. The van der Waals surface area contributed by atoms with Crippen molar-refractivity contribution in [1.29, 1.82) is 0 Å². The van der Waals surface area contributed by atoms with Gasteiger partial charge in [0.25, 0.3) is 0 Å². The van der Waals surface area contributed by atoms with Crippen LogP contribution in [0.2, 0.25) is 0 Å². The maximum absolute atomic E-state index is 14.1. The van der Waals surface area contributed by atoms with Gasteiger partial charge in [0.2, 0.25) is 17.6 Å². The molecule has 2 saturated heterocycles. The number of hydrogen-bond donors (Lipinski definition) is 2. The number of thiazole rings is 1. The fraction of sp³-hybridized carbons (Fsp3) is 0.467. The predicted molar refractivity (Wildman–Crippen MR) is 157 cm³/mol. The Bertz CT molecular complexity index is 1520. The number of H-pyrrole nitrogens is 1. The molecule has 2 aliphatic rings. The standard InChI is InChI=1S/C30H35N7O3S/c1-3-18(2)28(38)32-26(19-12-15-40-16-13-19)30(39)37-14-6-9-25(37)29-31-24(17-41-29)22-10-11-23(27-33-35-36-34-27)21-8-5-4-7-20(21)22/h4-5,7-8,10-11,17-19,25-26H,3,6,9,12-16H2,1-2H3,(H,32,38)(H,33,34,35,36)/t18-,25+,26+/m1/s1.